The Hall–Kier alpha value is -1.02. The van der Waals surface area contributed by atoms with Crippen molar-refractivity contribution in [3.05, 3.63) is 29.8 Å². The number of hydrogen-bond donors (Lipinski definition) is 1. The summed E-state index contributed by atoms with van der Waals surface area (Å²) in [5.74, 6) is 0.648. The van der Waals surface area contributed by atoms with Crippen LogP contribution in [0.2, 0.25) is 0 Å². The smallest absolute Gasteiger partial charge is 0.0349 e. The molecular formula is C15H24N2. The van der Waals surface area contributed by atoms with Crippen LogP contribution in [0.1, 0.15) is 45.1 Å². The second-order valence-electron chi connectivity index (χ2n) is 6.06. The average molecular weight is 232 g/mol. The van der Waals surface area contributed by atoms with E-state index in [0.29, 0.717) is 11.5 Å². The fourth-order valence-electron chi connectivity index (χ4n) is 2.74. The zero-order valence-corrected chi connectivity index (χ0v) is 11.2. The lowest BCUT2D eigenvalue weighted by Crippen LogP contribution is -2.45. The van der Waals surface area contributed by atoms with Gasteiger partial charge in [-0.2, -0.15) is 0 Å². The zero-order valence-electron chi connectivity index (χ0n) is 11.2. The molecule has 2 heteroatoms. The van der Waals surface area contributed by atoms with Gasteiger partial charge in [-0.15, -0.1) is 0 Å². The summed E-state index contributed by atoms with van der Waals surface area (Å²) in [6.45, 7) is 9.25. The van der Waals surface area contributed by atoms with Gasteiger partial charge in [0, 0.05) is 11.2 Å². The normalized spacial score (nSPS) is 19.5. The molecule has 1 heterocycles. The summed E-state index contributed by atoms with van der Waals surface area (Å²) < 4.78 is 0. The van der Waals surface area contributed by atoms with E-state index in [1.54, 1.807) is 0 Å². The van der Waals surface area contributed by atoms with Crippen molar-refractivity contribution < 1.29 is 0 Å². The van der Waals surface area contributed by atoms with Crippen molar-refractivity contribution in [1.29, 1.82) is 0 Å². The predicted octanol–water partition coefficient (Wildman–Crippen LogP) is 3.25. The van der Waals surface area contributed by atoms with Gasteiger partial charge in [-0.1, -0.05) is 18.2 Å². The second kappa shape index (κ2) is 4.69. The van der Waals surface area contributed by atoms with Crippen LogP contribution in [-0.4, -0.2) is 23.5 Å². The second-order valence-corrected chi connectivity index (χ2v) is 6.06. The molecule has 0 aliphatic carbocycles. The van der Waals surface area contributed by atoms with E-state index in [-0.39, 0.29) is 0 Å². The monoisotopic (exact) mass is 232 g/mol. The molecule has 2 N–H and O–H groups in total. The Morgan fingerprint density at radius 3 is 2.24 bits per heavy atom. The van der Waals surface area contributed by atoms with Crippen LogP contribution in [0.5, 0.6) is 0 Å². The summed E-state index contributed by atoms with van der Waals surface area (Å²) in [4.78, 5) is 2.57. The molecular weight excluding hydrogens is 208 g/mol. The largest absolute Gasteiger partial charge is 0.398 e. The number of nitrogens with two attached hydrogens (primary N) is 1. The maximum atomic E-state index is 6.06. The Bertz CT molecular complexity index is 371. The van der Waals surface area contributed by atoms with E-state index >= 15 is 0 Å². The van der Waals surface area contributed by atoms with E-state index in [9.17, 15) is 0 Å². The van der Waals surface area contributed by atoms with Crippen molar-refractivity contribution in [3.8, 4) is 0 Å². The molecule has 0 unspecified atom stereocenters. The van der Waals surface area contributed by atoms with Crippen molar-refractivity contribution in [2.45, 2.75) is 45.1 Å². The third-order valence-electron chi connectivity index (χ3n) is 3.88. The highest BCUT2D eigenvalue weighted by Crippen LogP contribution is 2.33. The zero-order chi connectivity index (χ0) is 12.5. The van der Waals surface area contributed by atoms with E-state index in [1.165, 1.54) is 31.5 Å². The third-order valence-corrected chi connectivity index (χ3v) is 3.88. The fraction of sp³-hybridized carbons (Fsp3) is 0.600. The summed E-state index contributed by atoms with van der Waals surface area (Å²) in [6.07, 6.45) is 2.46. The minimum atomic E-state index is 0.299. The fourth-order valence-corrected chi connectivity index (χ4v) is 2.74. The first kappa shape index (κ1) is 12.4. The lowest BCUT2D eigenvalue weighted by Gasteiger charge is -2.41. The van der Waals surface area contributed by atoms with E-state index in [4.69, 9.17) is 5.73 Å². The van der Waals surface area contributed by atoms with Crippen LogP contribution in [0, 0.1) is 0 Å². The van der Waals surface area contributed by atoms with Crippen molar-refractivity contribution >= 4 is 5.69 Å². The number of nitrogen functional groups attached to an aromatic ring is 1. The van der Waals surface area contributed by atoms with Crippen molar-refractivity contribution in [2.24, 2.45) is 0 Å². The van der Waals surface area contributed by atoms with Crippen LogP contribution < -0.4 is 5.73 Å². The van der Waals surface area contributed by atoms with Crippen LogP contribution in [-0.2, 0) is 0 Å². The number of anilines is 1. The molecule has 0 amide bonds. The summed E-state index contributed by atoms with van der Waals surface area (Å²) in [5.41, 5.74) is 8.67. The minimum absolute atomic E-state index is 0.299. The molecule has 0 saturated carbocycles. The molecule has 1 aromatic carbocycles. The molecule has 0 aromatic heterocycles. The number of piperidine rings is 1. The number of para-hydroxylation sites is 1. The lowest BCUT2D eigenvalue weighted by atomic mass is 9.87. The number of likely N-dealkylation sites (tertiary alicyclic amines) is 1. The van der Waals surface area contributed by atoms with Crippen LogP contribution in [0.15, 0.2) is 24.3 Å². The number of rotatable bonds is 1. The molecule has 94 valence electrons. The van der Waals surface area contributed by atoms with Crippen molar-refractivity contribution in [3.63, 3.8) is 0 Å². The first-order valence-electron chi connectivity index (χ1n) is 6.58. The molecule has 17 heavy (non-hydrogen) atoms. The molecule has 0 atom stereocenters. The molecule has 0 spiro atoms. The van der Waals surface area contributed by atoms with Crippen LogP contribution in [0.3, 0.4) is 0 Å². The summed E-state index contributed by atoms with van der Waals surface area (Å²) in [5, 5.41) is 0. The van der Waals surface area contributed by atoms with E-state index in [0.717, 1.165) is 5.69 Å². The van der Waals surface area contributed by atoms with Gasteiger partial charge in [0.05, 0.1) is 0 Å². The molecule has 1 aliphatic rings. The Labute approximate surface area is 105 Å². The van der Waals surface area contributed by atoms with E-state index in [2.05, 4.69) is 37.8 Å². The highest BCUT2D eigenvalue weighted by molar-refractivity contribution is 5.48. The molecule has 2 nitrogen and oxygen atoms in total. The Kier molecular flexibility index (Phi) is 3.43. The van der Waals surface area contributed by atoms with Gasteiger partial charge in [-0.05, 0) is 64.3 Å². The Morgan fingerprint density at radius 2 is 1.71 bits per heavy atom. The first-order chi connectivity index (χ1) is 7.98. The van der Waals surface area contributed by atoms with Gasteiger partial charge in [0.1, 0.15) is 0 Å². The number of nitrogens with zero attached hydrogens (tertiary/aromatic N) is 1. The quantitative estimate of drug-likeness (QED) is 0.753. The number of hydrogen-bond acceptors (Lipinski definition) is 2. The highest BCUT2D eigenvalue weighted by Gasteiger charge is 2.27. The van der Waals surface area contributed by atoms with Crippen LogP contribution in [0.4, 0.5) is 5.69 Å². The summed E-state index contributed by atoms with van der Waals surface area (Å²) >= 11 is 0. The van der Waals surface area contributed by atoms with Crippen LogP contribution >= 0.6 is 0 Å². The van der Waals surface area contributed by atoms with Gasteiger partial charge in [0.15, 0.2) is 0 Å². The van der Waals surface area contributed by atoms with Crippen molar-refractivity contribution in [1.82, 2.24) is 4.90 Å². The predicted molar refractivity (Wildman–Crippen MR) is 74.2 cm³/mol. The van der Waals surface area contributed by atoms with E-state index in [1.807, 2.05) is 12.1 Å². The molecule has 1 aliphatic heterocycles. The SMILES string of the molecule is CC(C)(C)N1CCC(c2ccccc2N)CC1. The van der Waals surface area contributed by atoms with Gasteiger partial charge in [0.2, 0.25) is 0 Å². The Balaban J connectivity index is 2.03. The van der Waals surface area contributed by atoms with Gasteiger partial charge >= 0.3 is 0 Å². The maximum Gasteiger partial charge on any atom is 0.0349 e. The van der Waals surface area contributed by atoms with E-state index < -0.39 is 0 Å². The molecule has 1 fully saturated rings. The molecule has 0 radical (unpaired) electrons. The van der Waals surface area contributed by atoms with Gasteiger partial charge in [-0.25, -0.2) is 0 Å². The first-order valence-corrected chi connectivity index (χ1v) is 6.58. The van der Waals surface area contributed by atoms with Gasteiger partial charge < -0.3 is 5.73 Å². The lowest BCUT2D eigenvalue weighted by molar-refractivity contribution is 0.102. The third kappa shape index (κ3) is 2.81. The standard InChI is InChI=1S/C15H24N2/c1-15(2,3)17-10-8-12(9-11-17)13-6-4-5-7-14(13)16/h4-7,12H,8-11,16H2,1-3H3. The molecule has 2 rings (SSSR count). The average Bonchev–Trinajstić information content (AvgIpc) is 2.29. The highest BCUT2D eigenvalue weighted by atomic mass is 15.2. The maximum absolute atomic E-state index is 6.06. The Morgan fingerprint density at radius 1 is 1.12 bits per heavy atom. The number of benzene rings is 1. The van der Waals surface area contributed by atoms with Crippen LogP contribution in [0.25, 0.3) is 0 Å². The summed E-state index contributed by atoms with van der Waals surface area (Å²) in [6, 6.07) is 8.32. The topological polar surface area (TPSA) is 29.3 Å². The van der Waals surface area contributed by atoms with Gasteiger partial charge in [-0.3, -0.25) is 4.90 Å². The summed E-state index contributed by atoms with van der Waals surface area (Å²) in [7, 11) is 0. The molecule has 1 saturated heterocycles. The van der Waals surface area contributed by atoms with Gasteiger partial charge in [0.25, 0.3) is 0 Å². The molecule has 1 aromatic rings. The minimum Gasteiger partial charge on any atom is -0.398 e. The molecule has 0 bridgehead atoms. The van der Waals surface area contributed by atoms with Crippen molar-refractivity contribution in [2.75, 3.05) is 18.8 Å².